The fourth-order valence-electron chi connectivity index (χ4n) is 0.935. The van der Waals surface area contributed by atoms with Crippen molar-refractivity contribution in [3.05, 3.63) is 0 Å². The van der Waals surface area contributed by atoms with Crippen LogP contribution in [-0.2, 0) is 29.5 Å². The second-order valence-corrected chi connectivity index (χ2v) is 5.62. The van der Waals surface area contributed by atoms with E-state index in [1.807, 2.05) is 0 Å². The molecule has 0 amide bonds. The van der Waals surface area contributed by atoms with E-state index in [-0.39, 0.29) is 19.2 Å². The van der Waals surface area contributed by atoms with E-state index in [1.165, 1.54) is 13.4 Å². The fraction of sp³-hybridized carbons (Fsp3) is 0.800. The molecule has 0 fully saturated rings. The molecular weight excluding hydrogens is 278 g/mol. The van der Waals surface area contributed by atoms with Crippen molar-refractivity contribution in [1.82, 2.24) is 0 Å². The van der Waals surface area contributed by atoms with E-state index in [4.69, 9.17) is 10.00 Å². The second-order valence-electron chi connectivity index (χ2n) is 3.05. The molecule has 0 saturated heterocycles. The molecule has 1 unspecified atom stereocenters. The first-order valence-electron chi connectivity index (χ1n) is 5.37. The van der Waals surface area contributed by atoms with Gasteiger partial charge in [-0.05, 0) is 12.2 Å². The maximum atomic E-state index is 11.2. The van der Waals surface area contributed by atoms with E-state index in [0.29, 0.717) is 17.9 Å². The van der Waals surface area contributed by atoms with Gasteiger partial charge in [0.1, 0.15) is 13.2 Å². The number of rotatable bonds is 11. The van der Waals surface area contributed by atoms with Gasteiger partial charge in [-0.25, -0.2) is 4.21 Å². The molecule has 0 spiro atoms. The Morgan fingerprint density at radius 1 is 1.39 bits per heavy atom. The quantitative estimate of drug-likeness (QED) is 0.317. The van der Waals surface area contributed by atoms with Crippen LogP contribution in [0.4, 0.5) is 0 Å². The lowest BCUT2D eigenvalue weighted by Crippen LogP contribution is -2.10. The first-order valence-corrected chi connectivity index (χ1v) is 7.77. The summed E-state index contributed by atoms with van der Waals surface area (Å²) in [4.78, 5) is 11.2. The molecule has 0 aromatic carbocycles. The van der Waals surface area contributed by atoms with Crippen LogP contribution < -0.4 is 0 Å². The van der Waals surface area contributed by atoms with Gasteiger partial charge >= 0.3 is 5.97 Å². The Labute approximate surface area is 114 Å². The summed E-state index contributed by atoms with van der Waals surface area (Å²) in [7, 11) is 1.41. The number of hydrogen-bond donors (Lipinski definition) is 0. The molecule has 8 heteroatoms. The molecule has 104 valence electrons. The third-order valence-electron chi connectivity index (χ3n) is 1.75. The Bertz CT molecular complexity index is 292. The van der Waals surface area contributed by atoms with Crippen LogP contribution in [-0.4, -0.2) is 47.8 Å². The van der Waals surface area contributed by atoms with Gasteiger partial charge in [-0.15, -0.1) is 0 Å². The first-order chi connectivity index (χ1) is 8.70. The van der Waals surface area contributed by atoms with Crippen molar-refractivity contribution in [2.45, 2.75) is 12.8 Å². The maximum Gasteiger partial charge on any atom is 0.306 e. The van der Waals surface area contributed by atoms with Crippen LogP contribution in [0.1, 0.15) is 12.8 Å². The molecule has 0 aliphatic rings. The van der Waals surface area contributed by atoms with Gasteiger partial charge in [-0.3, -0.25) is 8.98 Å². The number of esters is 1. The van der Waals surface area contributed by atoms with Crippen LogP contribution in [0, 0.1) is 11.5 Å². The molecule has 0 aromatic heterocycles. The van der Waals surface area contributed by atoms with Crippen LogP contribution in [0.25, 0.3) is 0 Å². The van der Waals surface area contributed by atoms with Crippen molar-refractivity contribution in [1.29, 1.82) is 5.26 Å². The van der Waals surface area contributed by atoms with E-state index in [2.05, 4.69) is 8.92 Å². The highest BCUT2D eigenvalue weighted by Crippen LogP contribution is 2.06. The Balaban J connectivity index is 3.25. The average molecular weight is 295 g/mol. The molecular formula is C10H17NO5S2. The molecule has 0 bridgehead atoms. The van der Waals surface area contributed by atoms with Crippen molar-refractivity contribution in [3.8, 4) is 6.26 Å². The molecule has 0 radical (unpaired) electrons. The van der Waals surface area contributed by atoms with E-state index in [0.717, 1.165) is 12.2 Å². The lowest BCUT2D eigenvalue weighted by Gasteiger charge is -2.03. The smallest absolute Gasteiger partial charge is 0.306 e. The average Bonchev–Trinajstić information content (AvgIpc) is 2.38. The van der Waals surface area contributed by atoms with E-state index < -0.39 is 11.1 Å². The van der Waals surface area contributed by atoms with Gasteiger partial charge in [-0.2, -0.15) is 17.0 Å². The summed E-state index contributed by atoms with van der Waals surface area (Å²) >= 11 is 0.411. The lowest BCUT2D eigenvalue weighted by atomic mass is 10.5. The summed E-state index contributed by atoms with van der Waals surface area (Å²) < 4.78 is 24.7. The molecule has 0 aliphatic carbocycles. The van der Waals surface area contributed by atoms with Crippen LogP contribution in [0.2, 0.25) is 0 Å². The molecule has 6 nitrogen and oxygen atoms in total. The Morgan fingerprint density at radius 3 is 2.83 bits per heavy atom. The predicted octanol–water partition coefficient (Wildman–Crippen LogP) is 0.851. The highest BCUT2D eigenvalue weighted by Gasteiger charge is 2.03. The van der Waals surface area contributed by atoms with Crippen molar-refractivity contribution in [2.75, 3.05) is 37.6 Å². The van der Waals surface area contributed by atoms with Crippen LogP contribution in [0.3, 0.4) is 0 Å². The van der Waals surface area contributed by atoms with Crippen LogP contribution >= 0.6 is 11.8 Å². The summed E-state index contributed by atoms with van der Waals surface area (Å²) in [6, 6.07) is 0. The fourth-order valence-corrected chi connectivity index (χ4v) is 2.53. The third kappa shape index (κ3) is 11.7. The summed E-state index contributed by atoms with van der Waals surface area (Å²) in [6.07, 6.45) is 2.60. The zero-order valence-corrected chi connectivity index (χ0v) is 11.9. The van der Waals surface area contributed by atoms with Gasteiger partial charge in [0, 0.05) is 5.75 Å². The number of ether oxygens (including phenoxy) is 2. The van der Waals surface area contributed by atoms with Crippen LogP contribution in [0.5, 0.6) is 0 Å². The standard InChI is InChI=1S/C10H17NO5S2/c1-14-18(13)8-2-6-17-7-3-10(12)16-5-4-15-9-11/h2-8H2,1H3. The predicted molar refractivity (Wildman–Crippen MR) is 69.1 cm³/mol. The Morgan fingerprint density at radius 2 is 2.17 bits per heavy atom. The molecule has 0 N–H and O–H groups in total. The van der Waals surface area contributed by atoms with Crippen molar-refractivity contribution in [3.63, 3.8) is 0 Å². The zero-order chi connectivity index (χ0) is 13.6. The van der Waals surface area contributed by atoms with Crippen molar-refractivity contribution >= 4 is 28.8 Å². The van der Waals surface area contributed by atoms with E-state index >= 15 is 0 Å². The highest BCUT2D eigenvalue weighted by atomic mass is 32.2. The van der Waals surface area contributed by atoms with E-state index in [9.17, 15) is 9.00 Å². The minimum atomic E-state index is -1.19. The highest BCUT2D eigenvalue weighted by molar-refractivity contribution is 7.99. The van der Waals surface area contributed by atoms with Gasteiger partial charge in [0.15, 0.2) is 11.1 Å². The summed E-state index contributed by atoms with van der Waals surface area (Å²) in [5, 5.41) is 8.07. The second kappa shape index (κ2) is 12.7. The Hall–Kier alpha value is -0.780. The minimum absolute atomic E-state index is 0.0955. The largest absolute Gasteiger partial charge is 0.462 e. The molecule has 0 rings (SSSR count). The van der Waals surface area contributed by atoms with Gasteiger partial charge < -0.3 is 9.47 Å². The zero-order valence-electron chi connectivity index (χ0n) is 10.3. The first kappa shape index (κ1) is 17.2. The number of nitriles is 1. The summed E-state index contributed by atoms with van der Waals surface area (Å²) in [5.74, 6) is 1.71. The molecule has 0 heterocycles. The topological polar surface area (TPSA) is 85.6 Å². The molecule has 18 heavy (non-hydrogen) atoms. The minimum Gasteiger partial charge on any atom is -0.462 e. The van der Waals surface area contributed by atoms with Gasteiger partial charge in [0.05, 0.1) is 19.3 Å². The molecule has 1 atom stereocenters. The Kier molecular flexibility index (Phi) is 12.1. The van der Waals surface area contributed by atoms with Gasteiger partial charge in [0.2, 0.25) is 0 Å². The number of nitrogens with zero attached hydrogens (tertiary/aromatic N) is 1. The maximum absolute atomic E-state index is 11.2. The summed E-state index contributed by atoms with van der Waals surface area (Å²) in [5.41, 5.74) is 0. The molecule has 0 saturated carbocycles. The monoisotopic (exact) mass is 295 g/mol. The number of hydrogen-bond acceptors (Lipinski definition) is 7. The van der Waals surface area contributed by atoms with Crippen molar-refractivity contribution < 1.29 is 22.7 Å². The lowest BCUT2D eigenvalue weighted by molar-refractivity contribution is -0.144. The van der Waals surface area contributed by atoms with E-state index in [1.54, 1.807) is 11.8 Å². The normalized spacial score (nSPS) is 11.6. The number of thioether (sulfide) groups is 1. The number of carbonyl (C=O) groups excluding carboxylic acids is 1. The van der Waals surface area contributed by atoms with Gasteiger partial charge in [-0.1, -0.05) is 0 Å². The van der Waals surface area contributed by atoms with Crippen LogP contribution in [0.15, 0.2) is 0 Å². The third-order valence-corrected chi connectivity index (χ3v) is 3.81. The molecule has 0 aliphatic heterocycles. The summed E-state index contributed by atoms with van der Waals surface area (Å²) in [6.45, 7) is 0.197. The SMILES string of the molecule is COS(=O)CCCSCCC(=O)OCCOC#N. The molecule has 0 aromatic rings. The van der Waals surface area contributed by atoms with Crippen molar-refractivity contribution in [2.24, 2.45) is 0 Å². The van der Waals surface area contributed by atoms with Gasteiger partial charge in [0.25, 0.3) is 6.26 Å². The number of carbonyl (C=O) groups is 1.